The number of hydrogen-bond acceptors (Lipinski definition) is 8. The Labute approximate surface area is 242 Å². The van der Waals surface area contributed by atoms with Gasteiger partial charge in [-0.2, -0.15) is 5.10 Å². The van der Waals surface area contributed by atoms with Crippen molar-refractivity contribution in [2.24, 2.45) is 5.92 Å². The van der Waals surface area contributed by atoms with Gasteiger partial charge in [0, 0.05) is 60.5 Å². The smallest absolute Gasteiger partial charge is 0.124 e. The monoisotopic (exact) mass is 558 g/mol. The van der Waals surface area contributed by atoms with Crippen LogP contribution in [0.15, 0.2) is 55.0 Å². The van der Waals surface area contributed by atoms with Gasteiger partial charge in [-0.25, -0.2) is 4.98 Å². The number of hydrogen-bond donors (Lipinski definition) is 1. The number of rotatable bonds is 10. The van der Waals surface area contributed by atoms with E-state index in [-0.39, 0.29) is 6.04 Å². The van der Waals surface area contributed by atoms with Crippen molar-refractivity contribution in [3.8, 4) is 22.8 Å². The van der Waals surface area contributed by atoms with Gasteiger partial charge < -0.3 is 24.4 Å². The maximum Gasteiger partial charge on any atom is 0.124 e. The molecule has 0 spiro atoms. The predicted molar refractivity (Wildman–Crippen MR) is 163 cm³/mol. The number of anilines is 2. The molecule has 2 aromatic heterocycles. The Balaban J connectivity index is 1.46. The van der Waals surface area contributed by atoms with E-state index in [0.717, 1.165) is 84.2 Å². The lowest BCUT2D eigenvalue weighted by atomic mass is 9.83. The number of methoxy groups -OCH3 is 2. The second kappa shape index (κ2) is 12.0. The summed E-state index contributed by atoms with van der Waals surface area (Å²) in [6.45, 7) is 11.7. The fraction of sp³-hybridized carbons (Fsp3) is 0.469. The molecule has 0 radical (unpaired) electrons. The minimum atomic E-state index is -0.631. The Hall–Kier alpha value is -3.69. The molecule has 3 heterocycles. The van der Waals surface area contributed by atoms with Crippen molar-refractivity contribution in [2.45, 2.75) is 52.2 Å². The van der Waals surface area contributed by atoms with E-state index in [2.05, 4.69) is 40.9 Å². The summed E-state index contributed by atoms with van der Waals surface area (Å²) in [6, 6.07) is 12.5. The third kappa shape index (κ3) is 6.63. The van der Waals surface area contributed by atoms with Gasteiger partial charge in [-0.3, -0.25) is 9.67 Å². The summed E-state index contributed by atoms with van der Waals surface area (Å²) in [4.78, 5) is 14.5. The number of nitrogens with zero attached hydrogens (tertiary/aromatic N) is 6. The summed E-state index contributed by atoms with van der Waals surface area (Å²) in [7, 11) is 3.34. The summed E-state index contributed by atoms with van der Waals surface area (Å²) in [5.74, 6) is 1.80. The van der Waals surface area contributed by atoms with E-state index in [4.69, 9.17) is 19.4 Å². The Morgan fingerprint density at radius 3 is 2.29 bits per heavy atom. The molecule has 0 unspecified atom stereocenters. The summed E-state index contributed by atoms with van der Waals surface area (Å²) < 4.78 is 13.1. The summed E-state index contributed by atoms with van der Waals surface area (Å²) >= 11 is 0. The Morgan fingerprint density at radius 1 is 0.976 bits per heavy atom. The van der Waals surface area contributed by atoms with Crippen LogP contribution in [0.5, 0.6) is 11.5 Å². The Morgan fingerprint density at radius 2 is 1.68 bits per heavy atom. The number of benzene rings is 2. The highest BCUT2D eigenvalue weighted by molar-refractivity contribution is 5.82. The summed E-state index contributed by atoms with van der Waals surface area (Å²) in [5, 5.41) is 15.0. The number of likely N-dealkylation sites (tertiary alicyclic amines) is 1. The minimum absolute atomic E-state index is 0.276. The van der Waals surface area contributed by atoms with Crippen LogP contribution in [-0.2, 0) is 0 Å². The Bertz CT molecular complexity index is 1450. The van der Waals surface area contributed by atoms with Gasteiger partial charge in [-0.05, 0) is 77.7 Å². The van der Waals surface area contributed by atoms with Crippen LogP contribution in [0.1, 0.15) is 46.6 Å². The van der Waals surface area contributed by atoms with Crippen LogP contribution in [0.25, 0.3) is 22.3 Å². The van der Waals surface area contributed by atoms with Crippen molar-refractivity contribution in [1.82, 2.24) is 24.6 Å². The number of aromatic nitrogens is 4. The average molecular weight is 559 g/mol. The van der Waals surface area contributed by atoms with Gasteiger partial charge in [-0.1, -0.05) is 0 Å². The molecule has 1 N–H and O–H groups in total. The molecule has 1 fully saturated rings. The minimum Gasteiger partial charge on any atom is -0.497 e. The fourth-order valence-corrected chi connectivity index (χ4v) is 5.52. The number of aliphatic hydroxyl groups is 1. The highest BCUT2D eigenvalue weighted by Crippen LogP contribution is 2.35. The van der Waals surface area contributed by atoms with Crippen LogP contribution in [0.3, 0.4) is 0 Å². The zero-order valence-corrected chi connectivity index (χ0v) is 25.0. The highest BCUT2D eigenvalue weighted by atomic mass is 16.5. The molecule has 0 bridgehead atoms. The molecule has 218 valence electrons. The molecule has 1 aliphatic rings. The van der Waals surface area contributed by atoms with Crippen molar-refractivity contribution in [1.29, 1.82) is 0 Å². The molecule has 0 atom stereocenters. The van der Waals surface area contributed by atoms with Crippen LogP contribution < -0.4 is 14.4 Å². The maximum atomic E-state index is 10.5. The molecule has 1 aliphatic heterocycles. The van der Waals surface area contributed by atoms with Crippen molar-refractivity contribution in [2.75, 3.05) is 45.3 Å². The molecular weight excluding hydrogens is 516 g/mol. The lowest BCUT2D eigenvalue weighted by Gasteiger charge is -2.38. The van der Waals surface area contributed by atoms with Crippen LogP contribution in [0.2, 0.25) is 0 Å². The number of piperidine rings is 1. The third-order valence-electron chi connectivity index (χ3n) is 8.14. The topological polar surface area (TPSA) is 88.8 Å². The third-order valence-corrected chi connectivity index (χ3v) is 8.14. The first kappa shape index (κ1) is 28.8. The molecule has 4 aromatic rings. The van der Waals surface area contributed by atoms with E-state index >= 15 is 0 Å². The van der Waals surface area contributed by atoms with Crippen molar-refractivity contribution < 1.29 is 14.6 Å². The standard InChI is InChI=1S/C32H42N6O3/c1-22(2)38-21-23(19-34-38)31-20-33-29-8-7-25(17-30(29)35-31)37(26-15-27(40-5)18-28(16-26)41-6)14-13-36-11-9-24(10-12-36)32(3,4)39/h7-8,15-22,24,39H,9-14H2,1-6H3. The second-order valence-corrected chi connectivity index (χ2v) is 11.7. The van der Waals surface area contributed by atoms with Crippen LogP contribution in [0, 0.1) is 5.92 Å². The lowest BCUT2D eigenvalue weighted by Crippen LogP contribution is -2.43. The van der Waals surface area contributed by atoms with E-state index in [1.165, 1.54) is 0 Å². The van der Waals surface area contributed by atoms with Crippen molar-refractivity contribution in [3.05, 3.63) is 55.0 Å². The molecule has 5 rings (SSSR count). The van der Waals surface area contributed by atoms with Crippen LogP contribution in [0.4, 0.5) is 11.4 Å². The fourth-order valence-electron chi connectivity index (χ4n) is 5.52. The Kier molecular flexibility index (Phi) is 8.47. The van der Waals surface area contributed by atoms with Gasteiger partial charge in [0.15, 0.2) is 0 Å². The molecule has 41 heavy (non-hydrogen) atoms. The molecular formula is C32H42N6O3. The van der Waals surface area contributed by atoms with Crippen LogP contribution >= 0.6 is 0 Å². The molecule has 2 aromatic carbocycles. The van der Waals surface area contributed by atoms with Crippen molar-refractivity contribution >= 4 is 22.4 Å². The zero-order chi connectivity index (χ0) is 29.1. The van der Waals surface area contributed by atoms with Gasteiger partial charge in [0.05, 0.1) is 48.9 Å². The zero-order valence-electron chi connectivity index (χ0n) is 25.0. The van der Waals surface area contributed by atoms with Crippen LogP contribution in [-0.4, -0.2) is 75.8 Å². The SMILES string of the molecule is COc1cc(OC)cc(N(CCN2CCC(C(C)(C)O)CC2)c2ccc3ncc(-c4cnn(C(C)C)c4)nc3c2)c1. The first-order chi connectivity index (χ1) is 19.6. The van der Waals surface area contributed by atoms with Crippen molar-refractivity contribution in [3.63, 3.8) is 0 Å². The van der Waals surface area contributed by atoms with E-state index < -0.39 is 5.60 Å². The largest absolute Gasteiger partial charge is 0.497 e. The van der Waals surface area contributed by atoms with E-state index in [1.54, 1.807) is 14.2 Å². The summed E-state index contributed by atoms with van der Waals surface area (Å²) in [5.41, 5.74) is 4.77. The normalized spacial score (nSPS) is 15.0. The predicted octanol–water partition coefficient (Wildman–Crippen LogP) is 5.71. The molecule has 0 saturated carbocycles. The van der Waals surface area contributed by atoms with Gasteiger partial charge in [0.1, 0.15) is 11.5 Å². The molecule has 9 nitrogen and oxygen atoms in total. The summed E-state index contributed by atoms with van der Waals surface area (Å²) in [6.07, 6.45) is 7.66. The number of ether oxygens (including phenoxy) is 2. The molecule has 1 saturated heterocycles. The molecule has 0 amide bonds. The van der Waals surface area contributed by atoms with Gasteiger partial charge in [0.2, 0.25) is 0 Å². The number of fused-ring (bicyclic) bond motifs is 1. The highest BCUT2D eigenvalue weighted by Gasteiger charge is 2.30. The van der Waals surface area contributed by atoms with Gasteiger partial charge in [0.25, 0.3) is 0 Å². The van der Waals surface area contributed by atoms with Gasteiger partial charge >= 0.3 is 0 Å². The first-order valence-electron chi connectivity index (χ1n) is 14.4. The van der Waals surface area contributed by atoms with E-state index in [1.807, 2.05) is 61.4 Å². The molecule has 0 aliphatic carbocycles. The first-order valence-corrected chi connectivity index (χ1v) is 14.4. The molecule has 9 heteroatoms. The average Bonchev–Trinajstić information content (AvgIpc) is 3.47. The maximum absolute atomic E-state index is 10.5. The lowest BCUT2D eigenvalue weighted by molar-refractivity contribution is -0.0121. The van der Waals surface area contributed by atoms with E-state index in [0.29, 0.717) is 5.92 Å². The second-order valence-electron chi connectivity index (χ2n) is 11.7. The van der Waals surface area contributed by atoms with E-state index in [9.17, 15) is 5.11 Å². The van der Waals surface area contributed by atoms with Gasteiger partial charge in [-0.15, -0.1) is 0 Å². The quantitative estimate of drug-likeness (QED) is 0.265.